The molecule has 18 heavy (non-hydrogen) atoms. The zero-order valence-corrected chi connectivity index (χ0v) is 11.4. The highest BCUT2D eigenvalue weighted by molar-refractivity contribution is 5.95. The number of hydrogen-bond donors (Lipinski definition) is 1. The quantitative estimate of drug-likeness (QED) is 0.645. The lowest BCUT2D eigenvalue weighted by molar-refractivity contribution is 0.00877. The molecule has 0 radical (unpaired) electrons. The predicted octanol–water partition coefficient (Wildman–Crippen LogP) is 2.29. The van der Waals surface area contributed by atoms with Crippen molar-refractivity contribution < 1.29 is 14.4 Å². The van der Waals surface area contributed by atoms with Crippen molar-refractivity contribution >= 4 is 5.91 Å². The summed E-state index contributed by atoms with van der Waals surface area (Å²) in [6.45, 7) is 7.00. The third-order valence-corrected chi connectivity index (χ3v) is 2.53. The van der Waals surface area contributed by atoms with Gasteiger partial charge in [-0.25, -0.2) is 5.48 Å². The van der Waals surface area contributed by atoms with E-state index in [1.165, 1.54) is 0 Å². The molecule has 0 saturated carbocycles. The van der Waals surface area contributed by atoms with Crippen LogP contribution in [0.1, 0.15) is 36.7 Å². The monoisotopic (exact) mass is 251 g/mol. The van der Waals surface area contributed by atoms with Crippen LogP contribution in [-0.4, -0.2) is 26.2 Å². The first-order valence-electron chi connectivity index (χ1n) is 5.97. The Labute approximate surface area is 108 Å². The maximum Gasteiger partial charge on any atom is 0.275 e. The van der Waals surface area contributed by atoms with E-state index in [4.69, 9.17) is 9.57 Å². The summed E-state index contributed by atoms with van der Waals surface area (Å²) in [6.07, 6.45) is 0. The summed E-state index contributed by atoms with van der Waals surface area (Å²) in [6, 6.07) is 7.54. The van der Waals surface area contributed by atoms with Crippen molar-refractivity contribution in [2.45, 2.75) is 26.2 Å². The van der Waals surface area contributed by atoms with E-state index in [0.717, 1.165) is 5.56 Å². The fraction of sp³-hybridized carbons (Fsp3) is 0.500. The third-order valence-electron chi connectivity index (χ3n) is 2.53. The first kappa shape index (κ1) is 14.7. The Bertz CT molecular complexity index is 396. The predicted molar refractivity (Wildman–Crippen MR) is 70.4 cm³/mol. The molecular formula is C14H21NO3. The largest absolute Gasteiger partial charge is 0.382 e. The van der Waals surface area contributed by atoms with E-state index >= 15 is 0 Å². The van der Waals surface area contributed by atoms with Crippen LogP contribution >= 0.6 is 0 Å². The zero-order valence-electron chi connectivity index (χ0n) is 11.4. The molecule has 0 bridgehead atoms. The van der Waals surface area contributed by atoms with Gasteiger partial charge in [-0.1, -0.05) is 39.0 Å². The lowest BCUT2D eigenvalue weighted by atomic mass is 9.83. The SMILES string of the molecule is COCCONC(=O)c1ccccc1C(C)(C)C. The standard InChI is InChI=1S/C14H21NO3/c1-14(2,3)12-8-6-5-7-11(12)13(16)15-18-10-9-17-4/h5-8H,9-10H2,1-4H3,(H,15,16). The normalized spacial score (nSPS) is 11.3. The summed E-state index contributed by atoms with van der Waals surface area (Å²) >= 11 is 0. The van der Waals surface area contributed by atoms with Gasteiger partial charge in [0.15, 0.2) is 0 Å². The van der Waals surface area contributed by atoms with Gasteiger partial charge >= 0.3 is 0 Å². The van der Waals surface area contributed by atoms with Gasteiger partial charge in [-0.2, -0.15) is 0 Å². The van der Waals surface area contributed by atoms with Crippen molar-refractivity contribution in [2.75, 3.05) is 20.3 Å². The number of hydroxylamine groups is 1. The summed E-state index contributed by atoms with van der Waals surface area (Å²) in [5, 5.41) is 0. The molecule has 4 heteroatoms. The van der Waals surface area contributed by atoms with Crippen LogP contribution in [0.3, 0.4) is 0 Å². The van der Waals surface area contributed by atoms with E-state index in [-0.39, 0.29) is 11.3 Å². The van der Waals surface area contributed by atoms with Gasteiger partial charge in [0.2, 0.25) is 0 Å². The van der Waals surface area contributed by atoms with E-state index in [9.17, 15) is 4.79 Å². The maximum atomic E-state index is 12.0. The number of nitrogens with one attached hydrogen (secondary N) is 1. The lowest BCUT2D eigenvalue weighted by Gasteiger charge is -2.22. The minimum absolute atomic E-state index is 0.0829. The lowest BCUT2D eigenvalue weighted by Crippen LogP contribution is -2.28. The van der Waals surface area contributed by atoms with Crippen LogP contribution in [0, 0.1) is 0 Å². The third kappa shape index (κ3) is 4.13. The van der Waals surface area contributed by atoms with Crippen molar-refractivity contribution in [3.8, 4) is 0 Å². The summed E-state index contributed by atoms with van der Waals surface area (Å²) in [5.41, 5.74) is 3.98. The number of hydrogen-bond acceptors (Lipinski definition) is 3. The first-order chi connectivity index (χ1) is 8.46. The molecule has 1 N–H and O–H groups in total. The molecular weight excluding hydrogens is 230 g/mol. The van der Waals surface area contributed by atoms with Crippen LogP contribution in [-0.2, 0) is 15.0 Å². The first-order valence-corrected chi connectivity index (χ1v) is 5.97. The molecule has 1 rings (SSSR count). The highest BCUT2D eigenvalue weighted by Crippen LogP contribution is 2.25. The molecule has 0 unspecified atom stereocenters. The van der Waals surface area contributed by atoms with Crippen LogP contribution in [0.5, 0.6) is 0 Å². The van der Waals surface area contributed by atoms with Crippen LogP contribution in [0.15, 0.2) is 24.3 Å². The molecule has 0 atom stereocenters. The van der Waals surface area contributed by atoms with E-state index in [2.05, 4.69) is 26.3 Å². The molecule has 0 spiro atoms. The Morgan fingerprint density at radius 1 is 1.22 bits per heavy atom. The van der Waals surface area contributed by atoms with Crippen molar-refractivity contribution in [1.29, 1.82) is 0 Å². The molecule has 1 aromatic rings. The molecule has 4 nitrogen and oxygen atoms in total. The molecule has 1 amide bonds. The van der Waals surface area contributed by atoms with Crippen molar-refractivity contribution in [1.82, 2.24) is 5.48 Å². The smallest absolute Gasteiger partial charge is 0.275 e. The average Bonchev–Trinajstić information content (AvgIpc) is 2.33. The van der Waals surface area contributed by atoms with E-state index < -0.39 is 0 Å². The molecule has 0 saturated heterocycles. The minimum Gasteiger partial charge on any atom is -0.382 e. The fourth-order valence-electron chi connectivity index (χ4n) is 1.63. The Morgan fingerprint density at radius 2 is 1.89 bits per heavy atom. The van der Waals surface area contributed by atoms with Gasteiger partial charge in [0, 0.05) is 12.7 Å². The van der Waals surface area contributed by atoms with Crippen LogP contribution < -0.4 is 5.48 Å². The summed E-state index contributed by atoms with van der Waals surface area (Å²) in [5.74, 6) is -0.225. The van der Waals surface area contributed by atoms with Gasteiger partial charge in [-0.3, -0.25) is 9.63 Å². The molecule has 0 aromatic heterocycles. The van der Waals surface area contributed by atoms with Crippen LogP contribution in [0.2, 0.25) is 0 Å². The summed E-state index contributed by atoms with van der Waals surface area (Å²) < 4.78 is 4.83. The number of carbonyl (C=O) groups is 1. The number of carbonyl (C=O) groups excluding carboxylic acids is 1. The second kappa shape index (κ2) is 6.52. The molecule has 0 heterocycles. The molecule has 0 aliphatic rings. The highest BCUT2D eigenvalue weighted by Gasteiger charge is 2.20. The second-order valence-electron chi connectivity index (χ2n) is 5.07. The van der Waals surface area contributed by atoms with Gasteiger partial charge in [-0.05, 0) is 17.0 Å². The minimum atomic E-state index is -0.225. The second-order valence-corrected chi connectivity index (χ2v) is 5.07. The summed E-state index contributed by atoms with van der Waals surface area (Å²) in [4.78, 5) is 17.0. The number of amides is 1. The number of benzene rings is 1. The molecule has 100 valence electrons. The maximum absolute atomic E-state index is 12.0. The molecule has 0 fully saturated rings. The Kier molecular flexibility index (Phi) is 5.31. The topological polar surface area (TPSA) is 47.6 Å². The van der Waals surface area contributed by atoms with Gasteiger partial charge in [0.25, 0.3) is 5.91 Å². The van der Waals surface area contributed by atoms with Crippen molar-refractivity contribution in [3.05, 3.63) is 35.4 Å². The zero-order chi connectivity index (χ0) is 13.6. The summed E-state index contributed by atoms with van der Waals surface area (Å²) in [7, 11) is 1.58. The number of rotatable bonds is 5. The number of ether oxygens (including phenoxy) is 1. The molecule has 0 aliphatic carbocycles. The van der Waals surface area contributed by atoms with Crippen molar-refractivity contribution in [3.63, 3.8) is 0 Å². The Morgan fingerprint density at radius 3 is 2.50 bits per heavy atom. The average molecular weight is 251 g/mol. The van der Waals surface area contributed by atoms with Gasteiger partial charge in [0.05, 0.1) is 13.2 Å². The molecule has 0 aliphatic heterocycles. The fourth-order valence-corrected chi connectivity index (χ4v) is 1.63. The van der Waals surface area contributed by atoms with E-state index in [1.54, 1.807) is 13.2 Å². The highest BCUT2D eigenvalue weighted by atomic mass is 16.7. The Balaban J connectivity index is 2.74. The molecule has 1 aromatic carbocycles. The van der Waals surface area contributed by atoms with Crippen LogP contribution in [0.25, 0.3) is 0 Å². The van der Waals surface area contributed by atoms with Gasteiger partial charge in [0.1, 0.15) is 0 Å². The van der Waals surface area contributed by atoms with Gasteiger partial charge < -0.3 is 4.74 Å². The number of methoxy groups -OCH3 is 1. The van der Waals surface area contributed by atoms with Gasteiger partial charge in [-0.15, -0.1) is 0 Å². The van der Waals surface area contributed by atoms with Crippen molar-refractivity contribution in [2.24, 2.45) is 0 Å². The van der Waals surface area contributed by atoms with E-state index in [1.807, 2.05) is 18.2 Å². The Hall–Kier alpha value is -1.39. The van der Waals surface area contributed by atoms with E-state index in [0.29, 0.717) is 18.8 Å². The van der Waals surface area contributed by atoms with Crippen LogP contribution in [0.4, 0.5) is 0 Å².